The molecule has 0 radical (unpaired) electrons. The number of para-hydroxylation sites is 2. The van der Waals surface area contributed by atoms with Crippen molar-refractivity contribution in [2.45, 2.75) is 12.1 Å². The van der Waals surface area contributed by atoms with Gasteiger partial charge in [0.2, 0.25) is 0 Å². The number of benzene rings is 4. The Kier molecular flexibility index (Phi) is 5.11. The van der Waals surface area contributed by atoms with E-state index in [1.165, 1.54) is 0 Å². The van der Waals surface area contributed by atoms with Crippen molar-refractivity contribution in [2.24, 2.45) is 0 Å². The normalized spacial score (nSPS) is 20.0. The van der Waals surface area contributed by atoms with Gasteiger partial charge in [0.25, 0.3) is 0 Å². The molecule has 1 aliphatic rings. The molecule has 1 saturated heterocycles. The van der Waals surface area contributed by atoms with Crippen molar-refractivity contribution in [3.8, 4) is 0 Å². The van der Waals surface area contributed by atoms with Crippen LogP contribution in [0.4, 0.5) is 11.4 Å². The summed E-state index contributed by atoms with van der Waals surface area (Å²) in [5, 5.41) is 0. The van der Waals surface area contributed by atoms with E-state index in [9.17, 15) is 9.46 Å². The van der Waals surface area contributed by atoms with E-state index < -0.39 is 7.67 Å². The summed E-state index contributed by atoms with van der Waals surface area (Å²) in [6, 6.07) is 38.3. The fourth-order valence-electron chi connectivity index (χ4n) is 4.43. The van der Waals surface area contributed by atoms with Gasteiger partial charge < -0.3 is 4.89 Å². The third kappa shape index (κ3) is 3.44. The molecule has 0 unspecified atom stereocenters. The highest BCUT2D eigenvalue weighted by molar-refractivity contribution is 7.62. The van der Waals surface area contributed by atoms with Crippen LogP contribution in [0.25, 0.3) is 0 Å². The molecule has 154 valence electrons. The first kappa shape index (κ1) is 19.6. The monoisotopic (exact) mass is 426 g/mol. The van der Waals surface area contributed by atoms with Crippen molar-refractivity contribution >= 4 is 19.0 Å². The van der Waals surface area contributed by atoms with Crippen LogP contribution in [0.1, 0.15) is 23.2 Å². The van der Waals surface area contributed by atoms with Crippen LogP contribution in [0, 0.1) is 0 Å². The van der Waals surface area contributed by atoms with Gasteiger partial charge in [0.1, 0.15) is 0 Å². The first-order valence-electron chi connectivity index (χ1n) is 10.3. The van der Waals surface area contributed by atoms with Crippen LogP contribution < -0.4 is 9.34 Å². The van der Waals surface area contributed by atoms with Gasteiger partial charge >= 0.3 is 7.67 Å². The van der Waals surface area contributed by atoms with Crippen molar-refractivity contribution in [3.05, 3.63) is 132 Å². The van der Waals surface area contributed by atoms with Gasteiger partial charge in [0.05, 0.1) is 12.1 Å². The second-order valence-corrected chi connectivity index (χ2v) is 9.47. The second kappa shape index (κ2) is 8.07. The molecule has 2 atom stereocenters. The minimum atomic E-state index is -3.98. The third-order valence-electron chi connectivity index (χ3n) is 5.71. The number of hydrogen-bond acceptors (Lipinski definition) is 1. The highest BCUT2D eigenvalue weighted by Gasteiger charge is 2.55. The third-order valence-corrected chi connectivity index (χ3v) is 7.79. The molecular weight excluding hydrogens is 403 g/mol. The van der Waals surface area contributed by atoms with Gasteiger partial charge in [-0.25, -0.2) is 4.57 Å². The van der Waals surface area contributed by atoms with E-state index in [4.69, 9.17) is 0 Å². The van der Waals surface area contributed by atoms with Crippen LogP contribution in [0.2, 0.25) is 0 Å². The van der Waals surface area contributed by atoms with Crippen LogP contribution in [-0.4, -0.2) is 4.89 Å². The fraction of sp³-hybridized carbons (Fsp3) is 0.0769. The molecule has 0 bridgehead atoms. The Morgan fingerprint density at radius 2 is 0.806 bits per heavy atom. The summed E-state index contributed by atoms with van der Waals surface area (Å²) < 4.78 is 17.7. The summed E-state index contributed by atoms with van der Waals surface area (Å²) in [6.07, 6.45) is 0. The predicted octanol–water partition coefficient (Wildman–Crippen LogP) is 6.60. The molecule has 4 nitrogen and oxygen atoms in total. The van der Waals surface area contributed by atoms with E-state index in [-0.39, 0.29) is 12.1 Å². The number of rotatable bonds is 4. The Labute approximate surface area is 182 Å². The van der Waals surface area contributed by atoms with Crippen LogP contribution in [0.5, 0.6) is 0 Å². The number of nitrogens with zero attached hydrogens (tertiary/aromatic N) is 2. The summed E-state index contributed by atoms with van der Waals surface area (Å²) in [7, 11) is -3.98. The smallest absolute Gasteiger partial charge is 0.313 e. The molecule has 1 heterocycles. The zero-order valence-corrected chi connectivity index (χ0v) is 17.8. The molecule has 0 spiro atoms. The quantitative estimate of drug-likeness (QED) is 0.374. The highest BCUT2D eigenvalue weighted by atomic mass is 31.2. The number of anilines is 2. The predicted molar refractivity (Wildman–Crippen MR) is 126 cm³/mol. The van der Waals surface area contributed by atoms with Gasteiger partial charge in [0.15, 0.2) is 0 Å². The van der Waals surface area contributed by atoms with E-state index in [0.717, 1.165) is 22.5 Å². The van der Waals surface area contributed by atoms with Gasteiger partial charge in [-0.3, -0.25) is 9.34 Å². The molecule has 5 rings (SSSR count). The van der Waals surface area contributed by atoms with Gasteiger partial charge in [-0.1, -0.05) is 97.1 Å². The van der Waals surface area contributed by atoms with E-state index in [1.54, 1.807) is 9.34 Å². The Hall–Kier alpha value is -3.33. The largest absolute Gasteiger partial charge is 0.395 e. The Balaban J connectivity index is 1.79. The van der Waals surface area contributed by atoms with Crippen molar-refractivity contribution in [1.82, 2.24) is 0 Å². The molecule has 5 heteroatoms. The van der Waals surface area contributed by atoms with Gasteiger partial charge in [-0.2, -0.15) is 0 Å². The summed E-state index contributed by atoms with van der Waals surface area (Å²) in [4.78, 5) is 11.7. The molecule has 0 aliphatic carbocycles. The van der Waals surface area contributed by atoms with Gasteiger partial charge in [0, 0.05) is 11.4 Å². The van der Waals surface area contributed by atoms with Crippen LogP contribution in [0.3, 0.4) is 0 Å². The van der Waals surface area contributed by atoms with E-state index in [0.29, 0.717) is 0 Å². The zero-order valence-electron chi connectivity index (χ0n) is 16.9. The summed E-state index contributed by atoms with van der Waals surface area (Å²) in [5.74, 6) is 0. The van der Waals surface area contributed by atoms with E-state index in [1.807, 2.05) is 121 Å². The minimum Gasteiger partial charge on any atom is -0.313 e. The summed E-state index contributed by atoms with van der Waals surface area (Å²) >= 11 is 0. The molecule has 4 aromatic carbocycles. The Morgan fingerprint density at radius 1 is 0.516 bits per heavy atom. The maximum absolute atomic E-state index is 14.3. The average Bonchev–Trinajstić information content (AvgIpc) is 3.08. The summed E-state index contributed by atoms with van der Waals surface area (Å²) in [5.41, 5.74) is 3.43. The van der Waals surface area contributed by atoms with Crippen molar-refractivity contribution in [2.75, 3.05) is 9.34 Å². The number of hydrogen-bond donors (Lipinski definition) is 1. The lowest BCUT2D eigenvalue weighted by molar-refractivity contribution is 0.476. The lowest BCUT2D eigenvalue weighted by atomic mass is 9.92. The highest BCUT2D eigenvalue weighted by Crippen LogP contribution is 2.69. The molecule has 31 heavy (non-hydrogen) atoms. The average molecular weight is 426 g/mol. The SMILES string of the molecule is O=P1(O)N(c2ccccc2)[C@@H](c2ccccc2)[C@H](c2ccccc2)N1c1ccccc1. The van der Waals surface area contributed by atoms with Crippen molar-refractivity contribution < 1.29 is 9.46 Å². The minimum absolute atomic E-state index is 0.345. The maximum Gasteiger partial charge on any atom is 0.395 e. The molecule has 0 saturated carbocycles. The van der Waals surface area contributed by atoms with Gasteiger partial charge in [-0.05, 0) is 35.4 Å². The molecule has 0 amide bonds. The van der Waals surface area contributed by atoms with E-state index >= 15 is 0 Å². The molecule has 0 aromatic heterocycles. The first-order valence-corrected chi connectivity index (χ1v) is 11.9. The standard InChI is InChI=1S/C26H23N2O2P/c29-31(30)27(23-17-9-3-10-18-23)25(21-13-5-1-6-14-21)26(22-15-7-2-8-16-22)28(31)24-19-11-4-12-20-24/h1-20,25-26H,(H,29,30)/t25-,26-/m0/s1. The zero-order chi connectivity index (χ0) is 21.3. The van der Waals surface area contributed by atoms with Crippen molar-refractivity contribution in [3.63, 3.8) is 0 Å². The maximum atomic E-state index is 14.3. The Bertz CT molecular complexity index is 1090. The topological polar surface area (TPSA) is 43.8 Å². The van der Waals surface area contributed by atoms with Crippen LogP contribution in [-0.2, 0) is 4.57 Å². The van der Waals surface area contributed by atoms with Gasteiger partial charge in [-0.15, -0.1) is 0 Å². The van der Waals surface area contributed by atoms with Crippen molar-refractivity contribution in [1.29, 1.82) is 0 Å². The first-order chi connectivity index (χ1) is 15.2. The molecule has 1 fully saturated rings. The lowest BCUT2D eigenvalue weighted by Crippen LogP contribution is -2.23. The lowest BCUT2D eigenvalue weighted by Gasteiger charge is -2.29. The molecular formula is C26H23N2O2P. The second-order valence-electron chi connectivity index (χ2n) is 7.58. The molecule has 1 N–H and O–H groups in total. The summed E-state index contributed by atoms with van der Waals surface area (Å²) in [6.45, 7) is 0. The fourth-order valence-corrected chi connectivity index (χ4v) is 6.67. The molecule has 4 aromatic rings. The van der Waals surface area contributed by atoms with Crippen LogP contribution >= 0.6 is 7.67 Å². The Morgan fingerprint density at radius 3 is 1.13 bits per heavy atom. The van der Waals surface area contributed by atoms with E-state index in [2.05, 4.69) is 0 Å². The molecule has 1 aliphatic heterocycles. The van der Waals surface area contributed by atoms with Crippen LogP contribution in [0.15, 0.2) is 121 Å².